The summed E-state index contributed by atoms with van der Waals surface area (Å²) in [6, 6.07) is 6.63. The Balaban J connectivity index is 1.86. The second-order valence-electron chi connectivity index (χ2n) is 6.13. The van der Waals surface area contributed by atoms with Crippen molar-refractivity contribution in [1.82, 2.24) is 10.2 Å². The SMILES string of the molecule is COc1cccc(N(CC(=O)NCCCN2CCOCC2)S(C)(=O)=O)c1. The molecule has 0 aliphatic carbocycles. The van der Waals surface area contributed by atoms with Gasteiger partial charge in [-0.15, -0.1) is 0 Å². The average Bonchev–Trinajstić information content (AvgIpc) is 2.63. The van der Waals surface area contributed by atoms with Gasteiger partial charge in [-0.2, -0.15) is 0 Å². The normalized spacial score (nSPS) is 15.5. The highest BCUT2D eigenvalue weighted by molar-refractivity contribution is 7.92. The molecule has 1 aliphatic rings. The van der Waals surface area contributed by atoms with Crippen molar-refractivity contribution in [2.45, 2.75) is 6.42 Å². The number of carbonyl (C=O) groups excluding carboxylic acids is 1. The van der Waals surface area contributed by atoms with Crippen molar-refractivity contribution in [1.29, 1.82) is 0 Å². The van der Waals surface area contributed by atoms with Gasteiger partial charge in [-0.25, -0.2) is 8.42 Å². The first-order valence-corrected chi connectivity index (χ1v) is 10.4. The maximum Gasteiger partial charge on any atom is 0.240 e. The molecule has 1 aromatic rings. The molecule has 2 rings (SSSR count). The minimum atomic E-state index is -3.59. The number of amides is 1. The molecule has 9 heteroatoms. The lowest BCUT2D eigenvalue weighted by Gasteiger charge is -2.26. The third-order valence-corrected chi connectivity index (χ3v) is 5.25. The Labute approximate surface area is 155 Å². The standard InChI is InChI=1S/C17H27N3O5S/c1-24-16-6-3-5-15(13-16)20(26(2,22)23)14-17(21)18-7-4-8-19-9-11-25-12-10-19/h3,5-6,13H,4,7-12,14H2,1-2H3,(H,18,21). The van der Waals surface area contributed by atoms with E-state index in [0.29, 0.717) is 18.0 Å². The van der Waals surface area contributed by atoms with Crippen LogP contribution in [-0.4, -0.2) is 78.5 Å². The van der Waals surface area contributed by atoms with Crippen molar-refractivity contribution in [3.05, 3.63) is 24.3 Å². The lowest BCUT2D eigenvalue weighted by molar-refractivity contribution is -0.119. The predicted molar refractivity (Wildman–Crippen MR) is 100 cm³/mol. The molecule has 0 spiro atoms. The van der Waals surface area contributed by atoms with Crippen LogP contribution >= 0.6 is 0 Å². The van der Waals surface area contributed by atoms with Gasteiger partial charge in [0.2, 0.25) is 15.9 Å². The molecule has 146 valence electrons. The fourth-order valence-electron chi connectivity index (χ4n) is 2.71. The molecule has 0 saturated carbocycles. The summed E-state index contributed by atoms with van der Waals surface area (Å²) in [5, 5.41) is 2.79. The number of hydrogen-bond acceptors (Lipinski definition) is 6. The van der Waals surface area contributed by atoms with Crippen LogP contribution in [0.4, 0.5) is 5.69 Å². The predicted octanol–water partition coefficient (Wildman–Crippen LogP) is 0.300. The van der Waals surface area contributed by atoms with E-state index < -0.39 is 10.0 Å². The first-order valence-electron chi connectivity index (χ1n) is 8.58. The molecule has 1 aliphatic heterocycles. The minimum absolute atomic E-state index is 0.260. The fraction of sp³-hybridized carbons (Fsp3) is 0.588. The number of anilines is 1. The van der Waals surface area contributed by atoms with E-state index in [2.05, 4.69) is 10.2 Å². The summed E-state index contributed by atoms with van der Waals surface area (Å²) >= 11 is 0. The Morgan fingerprint density at radius 3 is 2.73 bits per heavy atom. The Hall–Kier alpha value is -1.84. The molecular weight excluding hydrogens is 358 g/mol. The summed E-state index contributed by atoms with van der Waals surface area (Å²) in [4.78, 5) is 14.5. The molecule has 0 atom stereocenters. The minimum Gasteiger partial charge on any atom is -0.497 e. The summed E-state index contributed by atoms with van der Waals surface area (Å²) in [5.41, 5.74) is 0.398. The van der Waals surface area contributed by atoms with Gasteiger partial charge in [0.25, 0.3) is 0 Å². The number of sulfonamides is 1. The Kier molecular flexibility index (Phi) is 7.67. The number of rotatable bonds is 9. The Morgan fingerprint density at radius 2 is 2.08 bits per heavy atom. The van der Waals surface area contributed by atoms with Crippen LogP contribution in [0.25, 0.3) is 0 Å². The Bertz CT molecular complexity index is 689. The molecule has 1 saturated heterocycles. The highest BCUT2D eigenvalue weighted by atomic mass is 32.2. The highest BCUT2D eigenvalue weighted by Crippen LogP contribution is 2.22. The molecule has 0 unspecified atom stereocenters. The third kappa shape index (κ3) is 6.47. The smallest absolute Gasteiger partial charge is 0.240 e. The van der Waals surface area contributed by atoms with Gasteiger partial charge < -0.3 is 14.8 Å². The van der Waals surface area contributed by atoms with E-state index >= 15 is 0 Å². The maximum atomic E-state index is 12.2. The van der Waals surface area contributed by atoms with Crippen LogP contribution in [-0.2, 0) is 19.6 Å². The molecule has 8 nitrogen and oxygen atoms in total. The van der Waals surface area contributed by atoms with Crippen molar-refractivity contribution in [3.8, 4) is 5.75 Å². The zero-order chi connectivity index (χ0) is 19.0. The number of nitrogens with zero attached hydrogens (tertiary/aromatic N) is 2. The largest absolute Gasteiger partial charge is 0.497 e. The average molecular weight is 385 g/mol. The molecule has 1 heterocycles. The second-order valence-corrected chi connectivity index (χ2v) is 8.04. The van der Waals surface area contributed by atoms with E-state index in [1.165, 1.54) is 7.11 Å². The molecular formula is C17H27N3O5S. The lowest BCUT2D eigenvalue weighted by atomic mass is 10.3. The quantitative estimate of drug-likeness (QED) is 0.615. The van der Waals surface area contributed by atoms with E-state index in [4.69, 9.17) is 9.47 Å². The van der Waals surface area contributed by atoms with Crippen LogP contribution in [0.15, 0.2) is 24.3 Å². The number of methoxy groups -OCH3 is 1. The summed E-state index contributed by atoms with van der Waals surface area (Å²) in [7, 11) is -2.09. The van der Waals surface area contributed by atoms with Crippen LogP contribution in [0.1, 0.15) is 6.42 Å². The Morgan fingerprint density at radius 1 is 1.35 bits per heavy atom. The topological polar surface area (TPSA) is 88.2 Å². The third-order valence-electron chi connectivity index (χ3n) is 4.11. The first kappa shape index (κ1) is 20.5. The number of nitrogens with one attached hydrogen (secondary N) is 1. The molecule has 1 N–H and O–H groups in total. The molecule has 0 aromatic heterocycles. The van der Waals surface area contributed by atoms with Crippen LogP contribution in [0.2, 0.25) is 0 Å². The molecule has 1 amide bonds. The number of hydrogen-bond donors (Lipinski definition) is 1. The van der Waals surface area contributed by atoms with Crippen LogP contribution in [0, 0.1) is 0 Å². The lowest BCUT2D eigenvalue weighted by Crippen LogP contribution is -2.41. The number of ether oxygens (including phenoxy) is 2. The van der Waals surface area contributed by atoms with Gasteiger partial charge in [0.1, 0.15) is 12.3 Å². The van der Waals surface area contributed by atoms with Crippen LogP contribution < -0.4 is 14.4 Å². The van der Waals surface area contributed by atoms with Crippen molar-refractivity contribution in [2.75, 3.05) is 63.6 Å². The summed E-state index contributed by atoms with van der Waals surface area (Å²) < 4.78 is 35.7. The molecule has 26 heavy (non-hydrogen) atoms. The molecule has 0 bridgehead atoms. The van der Waals surface area contributed by atoms with Crippen molar-refractivity contribution < 1.29 is 22.7 Å². The zero-order valence-corrected chi connectivity index (χ0v) is 16.1. The van der Waals surface area contributed by atoms with Gasteiger partial charge in [-0.3, -0.25) is 14.0 Å². The molecule has 1 fully saturated rings. The van der Waals surface area contributed by atoms with E-state index in [9.17, 15) is 13.2 Å². The zero-order valence-electron chi connectivity index (χ0n) is 15.3. The van der Waals surface area contributed by atoms with E-state index in [0.717, 1.165) is 49.8 Å². The number of benzene rings is 1. The van der Waals surface area contributed by atoms with Crippen molar-refractivity contribution in [3.63, 3.8) is 0 Å². The summed E-state index contributed by atoms with van der Waals surface area (Å²) in [6.07, 6.45) is 1.89. The van der Waals surface area contributed by atoms with Gasteiger partial charge in [0.05, 0.1) is 32.3 Å². The monoisotopic (exact) mass is 385 g/mol. The van der Waals surface area contributed by atoms with Crippen LogP contribution in [0.3, 0.4) is 0 Å². The van der Waals surface area contributed by atoms with Gasteiger partial charge in [0.15, 0.2) is 0 Å². The van der Waals surface area contributed by atoms with E-state index in [1.54, 1.807) is 24.3 Å². The maximum absolute atomic E-state index is 12.2. The fourth-order valence-corrected chi connectivity index (χ4v) is 3.56. The van der Waals surface area contributed by atoms with Gasteiger partial charge in [-0.05, 0) is 25.1 Å². The number of morpholine rings is 1. The van der Waals surface area contributed by atoms with E-state index in [1.807, 2.05) is 0 Å². The van der Waals surface area contributed by atoms with Gasteiger partial charge >= 0.3 is 0 Å². The van der Waals surface area contributed by atoms with Crippen molar-refractivity contribution >= 4 is 21.6 Å². The summed E-state index contributed by atoms with van der Waals surface area (Å²) in [5.74, 6) is 0.197. The van der Waals surface area contributed by atoms with Crippen molar-refractivity contribution in [2.24, 2.45) is 0 Å². The van der Waals surface area contributed by atoms with E-state index in [-0.39, 0.29) is 12.5 Å². The van der Waals surface area contributed by atoms with Gasteiger partial charge in [0, 0.05) is 25.7 Å². The molecule has 1 aromatic carbocycles. The second kappa shape index (κ2) is 9.75. The first-order chi connectivity index (χ1) is 12.4. The molecule has 0 radical (unpaired) electrons. The van der Waals surface area contributed by atoms with Crippen LogP contribution in [0.5, 0.6) is 5.75 Å². The highest BCUT2D eigenvalue weighted by Gasteiger charge is 2.21. The summed E-state index contributed by atoms with van der Waals surface area (Å²) in [6.45, 7) is 4.44. The number of carbonyl (C=O) groups is 1. The van der Waals surface area contributed by atoms with Gasteiger partial charge in [-0.1, -0.05) is 6.07 Å².